The summed E-state index contributed by atoms with van der Waals surface area (Å²) in [5.41, 5.74) is 1.80. The number of carbonyl (C=O) groups excluding carboxylic acids is 1. The summed E-state index contributed by atoms with van der Waals surface area (Å²) in [4.78, 5) is 15.0. The predicted molar refractivity (Wildman–Crippen MR) is 51.0 cm³/mol. The molecule has 0 saturated carbocycles. The molecule has 0 fully saturated rings. The van der Waals surface area contributed by atoms with Crippen molar-refractivity contribution < 1.29 is 14.4 Å². The number of hydrogen-bond acceptors (Lipinski definition) is 3. The first kappa shape index (κ1) is 9.54. The topological polar surface area (TPSA) is 62.2 Å². The van der Waals surface area contributed by atoms with Crippen LogP contribution in [0.5, 0.6) is 0 Å². The average Bonchev–Trinajstić information content (AvgIpc) is 2.28. The van der Waals surface area contributed by atoms with Gasteiger partial charge < -0.3 is 0 Å². The molecule has 1 aromatic carbocycles. The predicted octanol–water partition coefficient (Wildman–Crippen LogP) is 1.49. The van der Waals surface area contributed by atoms with Crippen LogP contribution in [0.15, 0.2) is 30.5 Å². The number of pyridine rings is 1. The van der Waals surface area contributed by atoms with Gasteiger partial charge in [-0.25, -0.2) is 9.87 Å². The summed E-state index contributed by atoms with van der Waals surface area (Å²) in [5, 5.41) is 8.87. The minimum Gasteiger partial charge on any atom is -0.288 e. The van der Waals surface area contributed by atoms with Gasteiger partial charge in [0.25, 0.3) is 5.91 Å². The van der Waals surface area contributed by atoms with Gasteiger partial charge >= 0.3 is 0 Å². The number of halogens is 1. The first-order valence-electron chi connectivity index (χ1n) is 4.21. The lowest BCUT2D eigenvalue weighted by molar-refractivity contribution is 0.0708. The number of rotatable bonds is 1. The number of aromatic nitrogens is 1. The van der Waals surface area contributed by atoms with Crippen LogP contribution in [-0.2, 0) is 0 Å². The molecular formula is C10H7FN2O2. The maximum Gasteiger partial charge on any atom is 0.275 e. The molecule has 2 aromatic rings. The molecule has 5 heteroatoms. The Kier molecular flexibility index (Phi) is 2.31. The summed E-state index contributed by atoms with van der Waals surface area (Å²) in [6.45, 7) is 0. The van der Waals surface area contributed by atoms with Gasteiger partial charge in [-0.15, -0.1) is 0 Å². The Hall–Kier alpha value is -2.01. The molecule has 0 unspecified atom stereocenters. The number of amides is 1. The van der Waals surface area contributed by atoms with Gasteiger partial charge in [0, 0.05) is 11.6 Å². The SMILES string of the molecule is O=C(NO)c1ccnc2c(F)cccc12. The molecular weight excluding hydrogens is 199 g/mol. The fourth-order valence-corrected chi connectivity index (χ4v) is 1.40. The lowest BCUT2D eigenvalue weighted by Gasteiger charge is -2.03. The minimum absolute atomic E-state index is 0.110. The fourth-order valence-electron chi connectivity index (χ4n) is 1.40. The van der Waals surface area contributed by atoms with Crippen molar-refractivity contribution in [2.45, 2.75) is 0 Å². The molecule has 76 valence electrons. The number of hydrogen-bond donors (Lipinski definition) is 2. The molecule has 0 spiro atoms. The number of nitrogens with one attached hydrogen (secondary N) is 1. The van der Waals surface area contributed by atoms with Gasteiger partial charge in [-0.05, 0) is 12.1 Å². The van der Waals surface area contributed by atoms with E-state index in [1.165, 1.54) is 29.9 Å². The molecule has 0 atom stereocenters. The van der Waals surface area contributed by atoms with E-state index in [0.29, 0.717) is 5.39 Å². The van der Waals surface area contributed by atoms with E-state index in [1.54, 1.807) is 6.07 Å². The lowest BCUT2D eigenvalue weighted by atomic mass is 10.1. The van der Waals surface area contributed by atoms with E-state index in [4.69, 9.17) is 5.21 Å². The molecule has 15 heavy (non-hydrogen) atoms. The number of para-hydroxylation sites is 1. The summed E-state index contributed by atoms with van der Waals surface area (Å²) < 4.78 is 13.3. The maximum atomic E-state index is 13.3. The van der Waals surface area contributed by atoms with Crippen LogP contribution in [0.1, 0.15) is 10.4 Å². The van der Waals surface area contributed by atoms with Gasteiger partial charge in [0.2, 0.25) is 0 Å². The van der Waals surface area contributed by atoms with Crippen LogP contribution >= 0.6 is 0 Å². The second kappa shape index (κ2) is 3.62. The third kappa shape index (κ3) is 1.53. The van der Waals surface area contributed by atoms with Crippen LogP contribution in [0.3, 0.4) is 0 Å². The molecule has 4 nitrogen and oxygen atoms in total. The Morgan fingerprint density at radius 2 is 2.20 bits per heavy atom. The standard InChI is InChI=1S/C10H7FN2O2/c11-8-3-1-2-6-7(10(14)13-15)4-5-12-9(6)8/h1-5,15H,(H,13,14). The van der Waals surface area contributed by atoms with E-state index in [1.807, 2.05) is 0 Å². The van der Waals surface area contributed by atoms with Gasteiger partial charge in [-0.3, -0.25) is 15.0 Å². The number of benzene rings is 1. The van der Waals surface area contributed by atoms with Crippen molar-refractivity contribution in [2.24, 2.45) is 0 Å². The van der Waals surface area contributed by atoms with Gasteiger partial charge in [-0.2, -0.15) is 0 Å². The van der Waals surface area contributed by atoms with Crippen LogP contribution in [0.4, 0.5) is 4.39 Å². The molecule has 1 heterocycles. The van der Waals surface area contributed by atoms with Gasteiger partial charge in [0.1, 0.15) is 11.3 Å². The van der Waals surface area contributed by atoms with Gasteiger partial charge in [0.05, 0.1) is 5.56 Å². The fraction of sp³-hybridized carbons (Fsp3) is 0. The van der Waals surface area contributed by atoms with Gasteiger partial charge in [0.15, 0.2) is 0 Å². The summed E-state index contributed by atoms with van der Waals surface area (Å²) >= 11 is 0. The van der Waals surface area contributed by atoms with Crippen molar-refractivity contribution in [2.75, 3.05) is 0 Å². The van der Waals surface area contributed by atoms with E-state index in [-0.39, 0.29) is 11.1 Å². The Bertz CT molecular complexity index is 528. The molecule has 0 radical (unpaired) electrons. The normalized spacial score (nSPS) is 10.3. The van der Waals surface area contributed by atoms with Crippen molar-refractivity contribution in [3.63, 3.8) is 0 Å². The Balaban J connectivity index is 2.77. The van der Waals surface area contributed by atoms with Crippen LogP contribution < -0.4 is 5.48 Å². The second-order valence-corrected chi connectivity index (χ2v) is 2.94. The minimum atomic E-state index is -0.687. The van der Waals surface area contributed by atoms with Crippen LogP contribution in [-0.4, -0.2) is 16.1 Å². The largest absolute Gasteiger partial charge is 0.288 e. The van der Waals surface area contributed by atoms with Crippen LogP contribution in [0.25, 0.3) is 10.9 Å². The first-order chi connectivity index (χ1) is 7.24. The van der Waals surface area contributed by atoms with Crippen molar-refractivity contribution in [1.29, 1.82) is 0 Å². The van der Waals surface area contributed by atoms with E-state index in [0.717, 1.165) is 0 Å². The van der Waals surface area contributed by atoms with Crippen molar-refractivity contribution >= 4 is 16.8 Å². The number of nitrogens with zero attached hydrogens (tertiary/aromatic N) is 1. The highest BCUT2D eigenvalue weighted by Gasteiger charge is 2.11. The molecule has 1 amide bonds. The Labute approximate surface area is 84.3 Å². The first-order valence-corrected chi connectivity index (χ1v) is 4.21. The molecule has 0 aliphatic carbocycles. The van der Waals surface area contributed by atoms with Crippen LogP contribution in [0, 0.1) is 5.82 Å². The zero-order valence-corrected chi connectivity index (χ0v) is 7.57. The summed E-state index contributed by atoms with van der Waals surface area (Å²) in [5.74, 6) is -1.19. The smallest absolute Gasteiger partial charge is 0.275 e. The molecule has 2 rings (SSSR count). The summed E-state index contributed by atoms with van der Waals surface area (Å²) in [6.07, 6.45) is 1.32. The zero-order chi connectivity index (χ0) is 10.8. The van der Waals surface area contributed by atoms with E-state index in [2.05, 4.69) is 4.98 Å². The van der Waals surface area contributed by atoms with E-state index in [9.17, 15) is 9.18 Å². The number of hydroxylamine groups is 1. The monoisotopic (exact) mass is 206 g/mol. The summed E-state index contributed by atoms with van der Waals surface area (Å²) in [7, 11) is 0. The third-order valence-corrected chi connectivity index (χ3v) is 2.07. The highest BCUT2D eigenvalue weighted by Crippen LogP contribution is 2.18. The van der Waals surface area contributed by atoms with E-state index >= 15 is 0 Å². The number of fused-ring (bicyclic) bond motifs is 1. The Morgan fingerprint density at radius 1 is 1.40 bits per heavy atom. The highest BCUT2D eigenvalue weighted by atomic mass is 19.1. The second-order valence-electron chi connectivity index (χ2n) is 2.94. The molecule has 1 aromatic heterocycles. The van der Waals surface area contributed by atoms with E-state index < -0.39 is 11.7 Å². The van der Waals surface area contributed by atoms with Crippen molar-refractivity contribution in [3.8, 4) is 0 Å². The zero-order valence-electron chi connectivity index (χ0n) is 7.57. The van der Waals surface area contributed by atoms with Crippen molar-refractivity contribution in [3.05, 3.63) is 41.8 Å². The van der Waals surface area contributed by atoms with Gasteiger partial charge in [-0.1, -0.05) is 12.1 Å². The lowest BCUT2D eigenvalue weighted by Crippen LogP contribution is -2.19. The molecule has 2 N–H and O–H groups in total. The average molecular weight is 206 g/mol. The number of carbonyl (C=O) groups is 1. The maximum absolute atomic E-state index is 13.3. The highest BCUT2D eigenvalue weighted by molar-refractivity contribution is 6.05. The molecule has 0 aliphatic heterocycles. The quantitative estimate of drug-likeness (QED) is 0.549. The molecule has 0 aliphatic rings. The molecule has 0 saturated heterocycles. The summed E-state index contributed by atoms with van der Waals surface area (Å²) in [6, 6.07) is 5.72. The van der Waals surface area contributed by atoms with Crippen molar-refractivity contribution in [1.82, 2.24) is 10.5 Å². The third-order valence-electron chi connectivity index (χ3n) is 2.07. The molecule has 0 bridgehead atoms. The Morgan fingerprint density at radius 3 is 2.93 bits per heavy atom. The van der Waals surface area contributed by atoms with Crippen LogP contribution in [0.2, 0.25) is 0 Å².